The van der Waals surface area contributed by atoms with Crippen LogP contribution in [-0.2, 0) is 4.79 Å². The maximum Gasteiger partial charge on any atom is 0.291 e. The molecule has 7 nitrogen and oxygen atoms in total. The number of hydrogen-bond donors (Lipinski definition) is 1. The lowest BCUT2D eigenvalue weighted by Crippen LogP contribution is -2.39. The molecule has 1 N–H and O–H groups in total. The highest BCUT2D eigenvalue weighted by atomic mass is 79.9. The Labute approximate surface area is 181 Å². The zero-order valence-corrected chi connectivity index (χ0v) is 17.6. The van der Waals surface area contributed by atoms with Crippen LogP contribution in [0.25, 0.3) is 0 Å². The average Bonchev–Trinajstić information content (AvgIpc) is 3.20. The van der Waals surface area contributed by atoms with Gasteiger partial charge in [-0.25, -0.2) is 0 Å². The number of carbonyl (C=O) groups excluding carboxylic acids is 2. The first kappa shape index (κ1) is 20.0. The van der Waals surface area contributed by atoms with E-state index in [0.29, 0.717) is 41.4 Å². The Balaban J connectivity index is 1.39. The van der Waals surface area contributed by atoms with E-state index in [0.717, 1.165) is 5.75 Å². The van der Waals surface area contributed by atoms with Crippen LogP contribution in [-0.4, -0.2) is 31.6 Å². The molecule has 0 bridgehead atoms. The summed E-state index contributed by atoms with van der Waals surface area (Å²) < 4.78 is 17.0. The number of para-hydroxylation sites is 1. The third-order valence-corrected chi connectivity index (χ3v) is 4.92. The molecule has 8 heteroatoms. The molecule has 0 aliphatic carbocycles. The van der Waals surface area contributed by atoms with Gasteiger partial charge in [-0.3, -0.25) is 9.59 Å². The monoisotopic (exact) mass is 470 g/mol. The summed E-state index contributed by atoms with van der Waals surface area (Å²) in [7, 11) is 0. The fourth-order valence-electron chi connectivity index (χ4n) is 3.09. The highest BCUT2D eigenvalue weighted by Crippen LogP contribution is 2.34. The molecule has 2 amide bonds. The molecule has 1 aromatic heterocycles. The van der Waals surface area contributed by atoms with Crippen LogP contribution in [0.1, 0.15) is 17.0 Å². The molecule has 0 radical (unpaired) electrons. The van der Waals surface area contributed by atoms with E-state index in [1.807, 2.05) is 30.3 Å². The van der Waals surface area contributed by atoms with E-state index in [9.17, 15) is 9.59 Å². The standard InChI is InChI=1S/C22H19BrN2O5/c23-20-10-9-18(30-20)22(27)24-15-7-8-17-19(13-15)29-14-21(26)25(17)11-4-12-28-16-5-2-1-3-6-16/h1-3,5-10,13H,4,11-12,14H2,(H,24,27). The first-order valence-electron chi connectivity index (χ1n) is 9.42. The number of furan rings is 1. The molecule has 2 aromatic carbocycles. The number of fused-ring (bicyclic) bond motifs is 1. The number of hydrogen-bond acceptors (Lipinski definition) is 5. The Morgan fingerprint density at radius 1 is 1.13 bits per heavy atom. The predicted octanol–water partition coefficient (Wildman–Crippen LogP) is 4.49. The molecule has 3 aromatic rings. The van der Waals surface area contributed by atoms with Crippen molar-refractivity contribution in [2.45, 2.75) is 6.42 Å². The Morgan fingerprint density at radius 3 is 2.73 bits per heavy atom. The van der Waals surface area contributed by atoms with Gasteiger partial charge in [0, 0.05) is 18.3 Å². The maximum absolute atomic E-state index is 12.3. The van der Waals surface area contributed by atoms with Crippen LogP contribution in [0, 0.1) is 0 Å². The number of nitrogens with one attached hydrogen (secondary N) is 1. The highest BCUT2D eigenvalue weighted by Gasteiger charge is 2.25. The summed E-state index contributed by atoms with van der Waals surface area (Å²) in [6.07, 6.45) is 0.673. The first-order chi connectivity index (χ1) is 14.6. The molecule has 0 fully saturated rings. The van der Waals surface area contributed by atoms with E-state index in [-0.39, 0.29) is 24.2 Å². The quantitative estimate of drug-likeness (QED) is 0.514. The third kappa shape index (κ3) is 4.65. The first-order valence-corrected chi connectivity index (χ1v) is 10.2. The van der Waals surface area contributed by atoms with Crippen molar-refractivity contribution < 1.29 is 23.5 Å². The van der Waals surface area contributed by atoms with Gasteiger partial charge in [-0.1, -0.05) is 18.2 Å². The van der Waals surface area contributed by atoms with Crippen LogP contribution in [0.3, 0.4) is 0 Å². The topological polar surface area (TPSA) is 81.0 Å². The van der Waals surface area contributed by atoms with Gasteiger partial charge >= 0.3 is 0 Å². The van der Waals surface area contributed by atoms with Crippen LogP contribution in [0.4, 0.5) is 11.4 Å². The van der Waals surface area contributed by atoms with Crippen molar-refractivity contribution in [2.75, 3.05) is 30.0 Å². The molecule has 1 aliphatic rings. The number of nitrogens with zero attached hydrogens (tertiary/aromatic N) is 1. The summed E-state index contributed by atoms with van der Waals surface area (Å²) in [5, 5.41) is 2.76. The van der Waals surface area contributed by atoms with Crippen molar-refractivity contribution in [1.82, 2.24) is 0 Å². The van der Waals surface area contributed by atoms with Gasteiger partial charge in [0.2, 0.25) is 0 Å². The van der Waals surface area contributed by atoms with Crippen LogP contribution >= 0.6 is 15.9 Å². The number of amides is 2. The zero-order valence-electron chi connectivity index (χ0n) is 16.0. The molecule has 30 heavy (non-hydrogen) atoms. The second-order valence-corrected chi connectivity index (χ2v) is 7.37. The molecule has 1 aliphatic heterocycles. The summed E-state index contributed by atoms with van der Waals surface area (Å²) in [5.41, 5.74) is 1.22. The van der Waals surface area contributed by atoms with Crippen molar-refractivity contribution in [3.63, 3.8) is 0 Å². The second-order valence-electron chi connectivity index (χ2n) is 6.59. The van der Waals surface area contributed by atoms with Crippen molar-refractivity contribution in [2.24, 2.45) is 0 Å². The average molecular weight is 471 g/mol. The lowest BCUT2D eigenvalue weighted by Gasteiger charge is -2.29. The van der Waals surface area contributed by atoms with Crippen molar-refractivity contribution >= 4 is 39.1 Å². The number of carbonyl (C=O) groups is 2. The summed E-state index contributed by atoms with van der Waals surface area (Å²) >= 11 is 3.17. The Morgan fingerprint density at radius 2 is 1.97 bits per heavy atom. The third-order valence-electron chi connectivity index (χ3n) is 4.50. The van der Waals surface area contributed by atoms with E-state index in [1.54, 1.807) is 35.2 Å². The van der Waals surface area contributed by atoms with E-state index in [1.165, 1.54) is 0 Å². The summed E-state index contributed by atoms with van der Waals surface area (Å²) in [6.45, 7) is 0.958. The van der Waals surface area contributed by atoms with Gasteiger partial charge in [0.1, 0.15) is 11.5 Å². The van der Waals surface area contributed by atoms with E-state index in [4.69, 9.17) is 13.9 Å². The molecular weight excluding hydrogens is 452 g/mol. The van der Waals surface area contributed by atoms with Crippen LogP contribution < -0.4 is 19.7 Å². The minimum absolute atomic E-state index is 0.0466. The van der Waals surface area contributed by atoms with Gasteiger partial charge in [-0.2, -0.15) is 0 Å². The lowest BCUT2D eigenvalue weighted by molar-refractivity contribution is -0.121. The molecule has 0 unspecified atom stereocenters. The minimum Gasteiger partial charge on any atom is -0.494 e. The van der Waals surface area contributed by atoms with E-state index >= 15 is 0 Å². The largest absolute Gasteiger partial charge is 0.494 e. The summed E-state index contributed by atoms with van der Waals surface area (Å²) in [6, 6.07) is 18.0. The Bertz CT molecular complexity index is 1050. The van der Waals surface area contributed by atoms with Crippen molar-refractivity contribution in [3.05, 3.63) is 71.1 Å². The number of ether oxygens (including phenoxy) is 2. The van der Waals surface area contributed by atoms with Gasteiger partial charge in [0.15, 0.2) is 17.0 Å². The predicted molar refractivity (Wildman–Crippen MR) is 115 cm³/mol. The van der Waals surface area contributed by atoms with Crippen LogP contribution in [0.15, 0.2) is 69.8 Å². The number of halogens is 1. The van der Waals surface area contributed by atoms with Gasteiger partial charge < -0.3 is 24.1 Å². The lowest BCUT2D eigenvalue weighted by atomic mass is 10.2. The van der Waals surface area contributed by atoms with E-state index in [2.05, 4.69) is 21.2 Å². The smallest absolute Gasteiger partial charge is 0.291 e. The number of benzene rings is 2. The van der Waals surface area contributed by atoms with Crippen molar-refractivity contribution in [3.8, 4) is 11.5 Å². The van der Waals surface area contributed by atoms with Gasteiger partial charge in [-0.05, 0) is 58.7 Å². The highest BCUT2D eigenvalue weighted by molar-refractivity contribution is 9.10. The molecule has 2 heterocycles. The molecule has 0 saturated carbocycles. The molecule has 0 atom stereocenters. The molecule has 154 valence electrons. The molecule has 4 rings (SSSR count). The normalized spacial score (nSPS) is 12.8. The fourth-order valence-corrected chi connectivity index (χ4v) is 3.39. The Kier molecular flexibility index (Phi) is 6.04. The van der Waals surface area contributed by atoms with Gasteiger partial charge in [0.05, 0.1) is 12.3 Å². The fraction of sp³-hybridized carbons (Fsp3) is 0.182. The zero-order chi connectivity index (χ0) is 20.9. The second kappa shape index (κ2) is 9.04. The van der Waals surface area contributed by atoms with E-state index < -0.39 is 0 Å². The van der Waals surface area contributed by atoms with Crippen LogP contribution in [0.5, 0.6) is 11.5 Å². The molecular formula is C22H19BrN2O5. The SMILES string of the molecule is O=C(Nc1ccc2c(c1)OCC(=O)N2CCCOc1ccccc1)c1ccc(Br)o1. The maximum atomic E-state index is 12.3. The van der Waals surface area contributed by atoms with Crippen LogP contribution in [0.2, 0.25) is 0 Å². The summed E-state index contributed by atoms with van der Waals surface area (Å²) in [5.74, 6) is 1.05. The summed E-state index contributed by atoms with van der Waals surface area (Å²) in [4.78, 5) is 26.3. The number of anilines is 2. The van der Waals surface area contributed by atoms with Gasteiger partial charge in [0.25, 0.3) is 11.8 Å². The number of rotatable bonds is 7. The minimum atomic E-state index is -0.373. The molecule has 0 saturated heterocycles. The van der Waals surface area contributed by atoms with Crippen molar-refractivity contribution in [1.29, 1.82) is 0 Å². The Hall–Kier alpha value is -3.26. The molecule has 0 spiro atoms. The van der Waals surface area contributed by atoms with Gasteiger partial charge in [-0.15, -0.1) is 0 Å².